The Hall–Kier alpha value is -3.40. The highest BCUT2D eigenvalue weighted by Gasteiger charge is 2.29. The van der Waals surface area contributed by atoms with Gasteiger partial charge in [0.2, 0.25) is 0 Å². The molecule has 0 spiro atoms. The average Bonchev–Trinajstić information content (AvgIpc) is 3.18. The maximum absolute atomic E-state index is 13.1. The monoisotopic (exact) mass is 397 g/mol. The number of amides is 1. The summed E-state index contributed by atoms with van der Waals surface area (Å²) < 4.78 is 2.31. The fourth-order valence-electron chi connectivity index (χ4n) is 4.19. The quantitative estimate of drug-likeness (QED) is 0.515. The first-order valence-corrected chi connectivity index (χ1v) is 10.4. The van der Waals surface area contributed by atoms with Crippen LogP contribution in [-0.2, 0) is 11.2 Å². The number of carbonyl (C=O) groups excluding carboxylic acids is 1. The molecule has 0 saturated carbocycles. The first kappa shape index (κ1) is 19.9. The second kappa shape index (κ2) is 7.79. The average molecular weight is 398 g/mol. The van der Waals surface area contributed by atoms with Gasteiger partial charge in [0.1, 0.15) is 0 Å². The molecular weight excluding hydrogens is 370 g/mol. The van der Waals surface area contributed by atoms with Gasteiger partial charge in [-0.2, -0.15) is 10.1 Å². The number of hydrogen-bond acceptors (Lipinski definition) is 2. The third-order valence-corrected chi connectivity index (χ3v) is 5.76. The highest BCUT2D eigenvalue weighted by atomic mass is 16.2. The van der Waals surface area contributed by atoms with E-state index < -0.39 is 0 Å². The van der Waals surface area contributed by atoms with Crippen LogP contribution in [0, 0.1) is 20.8 Å². The molecule has 152 valence electrons. The molecule has 1 aliphatic heterocycles. The molecule has 0 bridgehead atoms. The van der Waals surface area contributed by atoms with Gasteiger partial charge in [-0.1, -0.05) is 43.3 Å². The summed E-state index contributed by atoms with van der Waals surface area (Å²) in [6.07, 6.45) is 2.95. The molecule has 0 fully saturated rings. The van der Waals surface area contributed by atoms with Crippen molar-refractivity contribution in [2.75, 3.05) is 5.01 Å². The van der Waals surface area contributed by atoms with Gasteiger partial charge in [0, 0.05) is 11.4 Å². The molecule has 0 unspecified atom stereocenters. The summed E-state index contributed by atoms with van der Waals surface area (Å²) in [5.41, 5.74) is 9.30. The van der Waals surface area contributed by atoms with Gasteiger partial charge in [-0.15, -0.1) is 0 Å². The molecule has 0 atom stereocenters. The molecule has 1 aliphatic rings. The van der Waals surface area contributed by atoms with Gasteiger partial charge in [-0.3, -0.25) is 4.79 Å². The van der Waals surface area contributed by atoms with E-state index in [2.05, 4.69) is 61.6 Å². The topological polar surface area (TPSA) is 37.6 Å². The van der Waals surface area contributed by atoms with Gasteiger partial charge in [0.05, 0.1) is 22.7 Å². The second-order valence-electron chi connectivity index (χ2n) is 7.79. The van der Waals surface area contributed by atoms with E-state index >= 15 is 0 Å². The van der Waals surface area contributed by atoms with Crippen LogP contribution in [0.3, 0.4) is 0 Å². The number of hydrogen-bond donors (Lipinski definition) is 0. The molecule has 3 aromatic rings. The Morgan fingerprint density at radius 3 is 2.40 bits per heavy atom. The van der Waals surface area contributed by atoms with E-state index in [0.717, 1.165) is 34.8 Å². The summed E-state index contributed by atoms with van der Waals surface area (Å²) in [6, 6.07) is 18.2. The standard InChI is InChI=1S/C26H27N3O/c1-6-21-12-10-11-17(2)25(21)28-18(3)15-22(20(28)5)16-24-19(4)27-29(26(24)30)23-13-8-7-9-14-23/h7-16H,6H2,1-5H3/b24-16+. The minimum Gasteiger partial charge on any atom is -0.317 e. The van der Waals surface area contributed by atoms with Crippen molar-refractivity contribution in [1.29, 1.82) is 0 Å². The summed E-state index contributed by atoms with van der Waals surface area (Å²) in [5, 5.41) is 5.98. The Kier molecular flexibility index (Phi) is 5.17. The first-order chi connectivity index (χ1) is 14.4. The number of nitrogens with zero attached hydrogens (tertiary/aromatic N) is 3. The van der Waals surface area contributed by atoms with Gasteiger partial charge >= 0.3 is 0 Å². The summed E-state index contributed by atoms with van der Waals surface area (Å²) in [7, 11) is 0. The maximum atomic E-state index is 13.1. The molecule has 4 heteroatoms. The van der Waals surface area contributed by atoms with E-state index in [9.17, 15) is 4.79 Å². The van der Waals surface area contributed by atoms with E-state index in [-0.39, 0.29) is 5.91 Å². The van der Waals surface area contributed by atoms with Gasteiger partial charge in [-0.25, -0.2) is 0 Å². The summed E-state index contributed by atoms with van der Waals surface area (Å²) >= 11 is 0. The maximum Gasteiger partial charge on any atom is 0.280 e. The minimum absolute atomic E-state index is 0.0892. The zero-order valence-electron chi connectivity index (χ0n) is 18.2. The Morgan fingerprint density at radius 2 is 1.70 bits per heavy atom. The summed E-state index contributed by atoms with van der Waals surface area (Å²) in [6.45, 7) is 10.5. The summed E-state index contributed by atoms with van der Waals surface area (Å²) in [4.78, 5) is 13.1. The lowest BCUT2D eigenvalue weighted by Gasteiger charge is -2.17. The largest absolute Gasteiger partial charge is 0.317 e. The molecule has 0 radical (unpaired) electrons. The third kappa shape index (κ3) is 3.28. The number of aryl methyl sites for hydroxylation is 3. The number of para-hydroxylation sites is 2. The number of aromatic nitrogens is 1. The van der Waals surface area contributed by atoms with E-state index in [1.165, 1.54) is 21.8 Å². The predicted molar refractivity (Wildman–Crippen MR) is 124 cm³/mol. The van der Waals surface area contributed by atoms with Crippen LogP contribution in [0.4, 0.5) is 5.69 Å². The van der Waals surface area contributed by atoms with Crippen LogP contribution in [0.15, 0.2) is 65.3 Å². The molecule has 0 N–H and O–H groups in total. The zero-order chi connectivity index (χ0) is 21.4. The Bertz CT molecular complexity index is 1180. The zero-order valence-corrected chi connectivity index (χ0v) is 18.2. The van der Waals surface area contributed by atoms with Crippen LogP contribution in [0.5, 0.6) is 0 Å². The van der Waals surface area contributed by atoms with Crippen molar-refractivity contribution in [1.82, 2.24) is 4.57 Å². The summed E-state index contributed by atoms with van der Waals surface area (Å²) in [5.74, 6) is -0.0892. The van der Waals surface area contributed by atoms with Crippen LogP contribution in [0.2, 0.25) is 0 Å². The molecule has 1 aromatic heterocycles. The Morgan fingerprint density at radius 1 is 0.967 bits per heavy atom. The number of hydrazone groups is 1. The van der Waals surface area contributed by atoms with Crippen LogP contribution in [0.1, 0.15) is 41.9 Å². The van der Waals surface area contributed by atoms with Gasteiger partial charge in [0.25, 0.3) is 5.91 Å². The highest BCUT2D eigenvalue weighted by molar-refractivity contribution is 6.32. The number of carbonyl (C=O) groups is 1. The van der Waals surface area contributed by atoms with Crippen molar-refractivity contribution >= 4 is 23.4 Å². The molecule has 4 rings (SSSR count). The molecular formula is C26H27N3O. The number of rotatable bonds is 4. The molecule has 2 aromatic carbocycles. The molecule has 0 aliphatic carbocycles. The van der Waals surface area contributed by atoms with Crippen LogP contribution in [-0.4, -0.2) is 16.2 Å². The van der Waals surface area contributed by atoms with Crippen molar-refractivity contribution < 1.29 is 4.79 Å². The molecule has 30 heavy (non-hydrogen) atoms. The van der Waals surface area contributed by atoms with Crippen LogP contribution >= 0.6 is 0 Å². The van der Waals surface area contributed by atoms with Crippen molar-refractivity contribution in [3.63, 3.8) is 0 Å². The fourth-order valence-corrected chi connectivity index (χ4v) is 4.19. The minimum atomic E-state index is -0.0892. The normalized spacial score (nSPS) is 15.2. The Labute approximate surface area is 178 Å². The van der Waals surface area contributed by atoms with Crippen molar-refractivity contribution in [3.05, 3.63) is 88.2 Å². The Balaban J connectivity index is 1.78. The smallest absolute Gasteiger partial charge is 0.280 e. The highest BCUT2D eigenvalue weighted by Crippen LogP contribution is 2.30. The number of benzene rings is 2. The first-order valence-electron chi connectivity index (χ1n) is 10.4. The number of anilines is 1. The SMILES string of the molecule is CCc1cccc(C)c1-n1c(C)cc(/C=C2/C(=O)N(c3ccccc3)N=C2C)c1C. The lowest BCUT2D eigenvalue weighted by molar-refractivity contribution is -0.114. The third-order valence-electron chi connectivity index (χ3n) is 5.76. The van der Waals surface area contributed by atoms with Crippen molar-refractivity contribution in [3.8, 4) is 5.69 Å². The van der Waals surface area contributed by atoms with E-state index in [1.807, 2.05) is 43.3 Å². The molecule has 0 saturated heterocycles. The molecule has 2 heterocycles. The van der Waals surface area contributed by atoms with E-state index in [1.54, 1.807) is 0 Å². The predicted octanol–water partition coefficient (Wildman–Crippen LogP) is 5.77. The van der Waals surface area contributed by atoms with Crippen LogP contribution < -0.4 is 5.01 Å². The van der Waals surface area contributed by atoms with Crippen molar-refractivity contribution in [2.24, 2.45) is 5.10 Å². The van der Waals surface area contributed by atoms with Crippen LogP contribution in [0.25, 0.3) is 11.8 Å². The van der Waals surface area contributed by atoms with E-state index in [4.69, 9.17) is 0 Å². The molecule has 1 amide bonds. The fraction of sp³-hybridized carbons (Fsp3) is 0.231. The van der Waals surface area contributed by atoms with Gasteiger partial charge in [0.15, 0.2) is 0 Å². The lowest BCUT2D eigenvalue weighted by Crippen LogP contribution is -2.21. The lowest BCUT2D eigenvalue weighted by atomic mass is 10.0. The molecule has 4 nitrogen and oxygen atoms in total. The van der Waals surface area contributed by atoms with Gasteiger partial charge in [-0.05, 0) is 75.1 Å². The van der Waals surface area contributed by atoms with Gasteiger partial charge < -0.3 is 4.57 Å². The van der Waals surface area contributed by atoms with E-state index in [0.29, 0.717) is 5.57 Å². The van der Waals surface area contributed by atoms with Crippen molar-refractivity contribution in [2.45, 2.75) is 41.0 Å². The second-order valence-corrected chi connectivity index (χ2v) is 7.79.